The summed E-state index contributed by atoms with van der Waals surface area (Å²) in [5, 5.41) is 9.37. The molecule has 0 aromatic heterocycles. The third-order valence-corrected chi connectivity index (χ3v) is 3.56. The maximum atomic E-state index is 13.9. The Balaban J connectivity index is 2.24. The minimum atomic E-state index is -0.551. The van der Waals surface area contributed by atoms with Crippen molar-refractivity contribution in [2.75, 3.05) is 6.61 Å². The van der Waals surface area contributed by atoms with Crippen LogP contribution in [0.25, 0.3) is 0 Å². The smallest absolute Gasteiger partial charge is 0.310 e. The molecule has 23 heavy (non-hydrogen) atoms. The molecule has 122 valence electrons. The van der Waals surface area contributed by atoms with E-state index in [2.05, 4.69) is 15.9 Å². The van der Waals surface area contributed by atoms with Gasteiger partial charge in [0.05, 0.1) is 19.6 Å². The SMILES string of the molecule is CCOC(=O)Cc1ccc(F)c(Oc2ccc(Br)cc2CO)c1. The monoisotopic (exact) mass is 382 g/mol. The highest BCUT2D eigenvalue weighted by molar-refractivity contribution is 9.10. The molecule has 0 saturated heterocycles. The average Bonchev–Trinajstić information content (AvgIpc) is 2.52. The minimum absolute atomic E-state index is 0.0104. The largest absolute Gasteiger partial charge is 0.466 e. The molecule has 0 radical (unpaired) electrons. The maximum absolute atomic E-state index is 13.9. The predicted molar refractivity (Wildman–Crippen MR) is 86.9 cm³/mol. The van der Waals surface area contributed by atoms with E-state index in [1.807, 2.05) is 0 Å². The van der Waals surface area contributed by atoms with E-state index in [-0.39, 0.29) is 24.7 Å². The fourth-order valence-electron chi connectivity index (χ4n) is 2.00. The van der Waals surface area contributed by atoms with Gasteiger partial charge in [0.2, 0.25) is 0 Å². The molecule has 0 fully saturated rings. The molecular formula is C17H16BrFO4. The molecule has 0 aliphatic carbocycles. The fraction of sp³-hybridized carbons (Fsp3) is 0.235. The molecule has 0 amide bonds. The van der Waals surface area contributed by atoms with Crippen LogP contribution in [0, 0.1) is 5.82 Å². The predicted octanol–water partition coefficient (Wildman–Crippen LogP) is 3.98. The molecule has 2 rings (SSSR count). The zero-order valence-electron chi connectivity index (χ0n) is 12.5. The van der Waals surface area contributed by atoms with Gasteiger partial charge in [0.15, 0.2) is 11.6 Å². The average molecular weight is 383 g/mol. The van der Waals surface area contributed by atoms with Crippen LogP contribution in [0.4, 0.5) is 4.39 Å². The number of benzene rings is 2. The van der Waals surface area contributed by atoms with Crippen molar-refractivity contribution in [3.8, 4) is 11.5 Å². The van der Waals surface area contributed by atoms with Crippen LogP contribution in [0.1, 0.15) is 18.1 Å². The van der Waals surface area contributed by atoms with Crippen molar-refractivity contribution >= 4 is 21.9 Å². The van der Waals surface area contributed by atoms with Gasteiger partial charge in [-0.25, -0.2) is 4.39 Å². The van der Waals surface area contributed by atoms with E-state index in [0.29, 0.717) is 23.5 Å². The van der Waals surface area contributed by atoms with Crippen LogP contribution in [-0.4, -0.2) is 17.7 Å². The van der Waals surface area contributed by atoms with Crippen molar-refractivity contribution in [2.45, 2.75) is 20.0 Å². The van der Waals surface area contributed by atoms with Gasteiger partial charge < -0.3 is 14.6 Å². The molecule has 0 saturated carbocycles. The van der Waals surface area contributed by atoms with Gasteiger partial charge in [0.25, 0.3) is 0 Å². The summed E-state index contributed by atoms with van der Waals surface area (Å²) in [5.41, 5.74) is 1.11. The van der Waals surface area contributed by atoms with Crippen molar-refractivity contribution in [3.63, 3.8) is 0 Å². The fourth-order valence-corrected chi connectivity index (χ4v) is 2.41. The summed E-state index contributed by atoms with van der Waals surface area (Å²) in [5.74, 6) is -0.596. The molecule has 0 spiro atoms. The Labute approximate surface area is 142 Å². The number of carbonyl (C=O) groups excluding carboxylic acids is 1. The number of carbonyl (C=O) groups is 1. The van der Waals surface area contributed by atoms with Crippen LogP contribution in [0.3, 0.4) is 0 Å². The third-order valence-electron chi connectivity index (χ3n) is 3.06. The van der Waals surface area contributed by atoms with Crippen LogP contribution in [0.5, 0.6) is 11.5 Å². The van der Waals surface area contributed by atoms with E-state index in [9.17, 15) is 14.3 Å². The highest BCUT2D eigenvalue weighted by Gasteiger charge is 2.12. The van der Waals surface area contributed by atoms with Crippen molar-refractivity contribution in [1.29, 1.82) is 0 Å². The summed E-state index contributed by atoms with van der Waals surface area (Å²) in [6, 6.07) is 9.25. The van der Waals surface area contributed by atoms with Crippen molar-refractivity contribution in [3.05, 3.63) is 57.8 Å². The molecule has 0 aliphatic heterocycles. The van der Waals surface area contributed by atoms with Gasteiger partial charge in [-0.2, -0.15) is 0 Å². The van der Waals surface area contributed by atoms with Crippen molar-refractivity contribution in [2.24, 2.45) is 0 Å². The van der Waals surface area contributed by atoms with Crippen LogP contribution >= 0.6 is 15.9 Å². The number of aliphatic hydroxyl groups excluding tert-OH is 1. The van der Waals surface area contributed by atoms with E-state index in [1.54, 1.807) is 25.1 Å². The summed E-state index contributed by atoms with van der Waals surface area (Å²) < 4.78 is 25.2. The Morgan fingerprint density at radius 1 is 1.22 bits per heavy atom. The first-order valence-corrected chi connectivity index (χ1v) is 7.84. The van der Waals surface area contributed by atoms with Gasteiger partial charge in [-0.1, -0.05) is 22.0 Å². The lowest BCUT2D eigenvalue weighted by atomic mass is 10.1. The first-order valence-electron chi connectivity index (χ1n) is 7.04. The molecule has 0 heterocycles. The van der Waals surface area contributed by atoms with Gasteiger partial charge in [0, 0.05) is 10.0 Å². The van der Waals surface area contributed by atoms with Crippen LogP contribution in [-0.2, 0) is 22.6 Å². The molecular weight excluding hydrogens is 367 g/mol. The van der Waals surface area contributed by atoms with Gasteiger partial charge >= 0.3 is 5.97 Å². The first kappa shape index (κ1) is 17.4. The standard InChI is InChI=1S/C17H16BrFO4/c1-2-22-17(21)8-11-3-5-14(19)16(7-11)23-15-6-4-13(18)9-12(15)10-20/h3-7,9,20H,2,8,10H2,1H3. The van der Waals surface area contributed by atoms with Gasteiger partial charge in [-0.15, -0.1) is 0 Å². The van der Waals surface area contributed by atoms with Crippen LogP contribution in [0.2, 0.25) is 0 Å². The molecule has 2 aromatic rings. The Kier molecular flexibility index (Phi) is 6.12. The maximum Gasteiger partial charge on any atom is 0.310 e. The van der Waals surface area contributed by atoms with E-state index in [4.69, 9.17) is 9.47 Å². The summed E-state index contributed by atoms with van der Waals surface area (Å²) in [6.45, 7) is 1.78. The summed E-state index contributed by atoms with van der Waals surface area (Å²) in [6.07, 6.45) is 0.0394. The molecule has 4 nitrogen and oxygen atoms in total. The number of ether oxygens (including phenoxy) is 2. The van der Waals surface area contributed by atoms with Crippen molar-refractivity contribution < 1.29 is 23.8 Å². The zero-order valence-corrected chi connectivity index (χ0v) is 14.1. The molecule has 0 unspecified atom stereocenters. The molecule has 0 bridgehead atoms. The highest BCUT2D eigenvalue weighted by atomic mass is 79.9. The lowest BCUT2D eigenvalue weighted by Crippen LogP contribution is -2.07. The van der Waals surface area contributed by atoms with Crippen molar-refractivity contribution in [1.82, 2.24) is 0 Å². The highest BCUT2D eigenvalue weighted by Crippen LogP contribution is 2.30. The number of halogens is 2. The van der Waals surface area contributed by atoms with Crippen LogP contribution in [0.15, 0.2) is 40.9 Å². The lowest BCUT2D eigenvalue weighted by Gasteiger charge is -2.12. The second-order valence-electron chi connectivity index (χ2n) is 4.76. The zero-order chi connectivity index (χ0) is 16.8. The number of hydrogen-bond donors (Lipinski definition) is 1. The molecule has 2 aromatic carbocycles. The minimum Gasteiger partial charge on any atom is -0.466 e. The topological polar surface area (TPSA) is 55.8 Å². The van der Waals surface area contributed by atoms with E-state index in [1.165, 1.54) is 18.2 Å². The Hall–Kier alpha value is -1.92. The molecule has 0 aliphatic rings. The Bertz CT molecular complexity index is 703. The summed E-state index contributed by atoms with van der Waals surface area (Å²) in [4.78, 5) is 11.5. The number of esters is 1. The molecule has 0 atom stereocenters. The first-order chi connectivity index (χ1) is 11.0. The van der Waals surface area contributed by atoms with E-state index >= 15 is 0 Å². The van der Waals surface area contributed by atoms with E-state index in [0.717, 1.165) is 4.47 Å². The number of rotatable bonds is 6. The van der Waals surface area contributed by atoms with E-state index < -0.39 is 5.82 Å². The second kappa shape index (κ2) is 8.08. The second-order valence-corrected chi connectivity index (χ2v) is 5.67. The molecule has 6 heteroatoms. The molecule has 1 N–H and O–H groups in total. The quantitative estimate of drug-likeness (QED) is 0.767. The number of hydrogen-bond acceptors (Lipinski definition) is 4. The number of aliphatic hydroxyl groups is 1. The summed E-state index contributed by atoms with van der Waals surface area (Å²) in [7, 11) is 0. The normalized spacial score (nSPS) is 10.4. The van der Waals surface area contributed by atoms with Gasteiger partial charge in [-0.05, 0) is 42.8 Å². The van der Waals surface area contributed by atoms with Gasteiger partial charge in [-0.3, -0.25) is 4.79 Å². The lowest BCUT2D eigenvalue weighted by molar-refractivity contribution is -0.142. The third kappa shape index (κ3) is 4.77. The Morgan fingerprint density at radius 3 is 2.70 bits per heavy atom. The van der Waals surface area contributed by atoms with Crippen LogP contribution < -0.4 is 4.74 Å². The van der Waals surface area contributed by atoms with Gasteiger partial charge in [0.1, 0.15) is 5.75 Å². The summed E-state index contributed by atoms with van der Waals surface area (Å²) >= 11 is 3.30. The Morgan fingerprint density at radius 2 is 2.00 bits per heavy atom.